The molecule has 1 aliphatic rings. The molecule has 0 bridgehead atoms. The number of nitrogens with zero attached hydrogens (tertiary/aromatic N) is 3. The molecule has 2 rings (SSSR count). The van der Waals surface area contributed by atoms with Gasteiger partial charge in [0.15, 0.2) is 0 Å². The summed E-state index contributed by atoms with van der Waals surface area (Å²) in [5, 5.41) is 8.63. The quantitative estimate of drug-likeness (QED) is 0.564. The Balaban J connectivity index is 2.44. The molecule has 60 valence electrons. The first-order valence-electron chi connectivity index (χ1n) is 3.86. The average Bonchev–Trinajstić information content (AvgIpc) is 2.43. The highest BCUT2D eigenvalue weighted by atomic mass is 15.1. The van der Waals surface area contributed by atoms with E-state index in [1.165, 1.54) is 5.56 Å². The Labute approximate surface area is 71.3 Å². The number of nitriles is 1. The predicted octanol–water partition coefficient (Wildman–Crippen LogP) is 0.899. The van der Waals surface area contributed by atoms with Gasteiger partial charge in [-0.2, -0.15) is 5.26 Å². The molecule has 0 saturated carbocycles. The second kappa shape index (κ2) is 2.58. The Morgan fingerprint density at radius 3 is 3.17 bits per heavy atom. The van der Waals surface area contributed by atoms with Crippen molar-refractivity contribution in [2.24, 2.45) is 0 Å². The lowest BCUT2D eigenvalue weighted by Crippen LogP contribution is -2.07. The van der Waals surface area contributed by atoms with Gasteiger partial charge in [0.05, 0.1) is 11.3 Å². The van der Waals surface area contributed by atoms with Gasteiger partial charge in [0.25, 0.3) is 0 Å². The van der Waals surface area contributed by atoms with Crippen LogP contribution in [-0.2, 0) is 13.1 Å². The van der Waals surface area contributed by atoms with Gasteiger partial charge in [-0.3, -0.25) is 9.88 Å². The predicted molar refractivity (Wildman–Crippen MR) is 44.1 cm³/mol. The third kappa shape index (κ3) is 1.06. The van der Waals surface area contributed by atoms with E-state index in [1.54, 1.807) is 6.20 Å². The van der Waals surface area contributed by atoms with E-state index in [-0.39, 0.29) is 0 Å². The number of fused-ring (bicyclic) bond motifs is 1. The summed E-state index contributed by atoms with van der Waals surface area (Å²) in [7, 11) is 2.05. The topological polar surface area (TPSA) is 39.9 Å². The van der Waals surface area contributed by atoms with E-state index in [0.717, 1.165) is 18.8 Å². The standard InChI is InChI=1S/C9H9N3/c1-12-5-8-2-7(3-10)4-11-9(8)6-12/h2,4H,5-6H2,1H3. The lowest BCUT2D eigenvalue weighted by Gasteiger charge is -2.01. The summed E-state index contributed by atoms with van der Waals surface area (Å²) < 4.78 is 0. The Morgan fingerprint density at radius 1 is 1.58 bits per heavy atom. The fourth-order valence-electron chi connectivity index (χ4n) is 1.48. The van der Waals surface area contributed by atoms with E-state index < -0.39 is 0 Å². The van der Waals surface area contributed by atoms with Gasteiger partial charge in [-0.1, -0.05) is 0 Å². The minimum absolute atomic E-state index is 0.657. The first-order chi connectivity index (χ1) is 5.79. The van der Waals surface area contributed by atoms with Gasteiger partial charge in [-0.15, -0.1) is 0 Å². The van der Waals surface area contributed by atoms with Crippen LogP contribution in [0.4, 0.5) is 0 Å². The third-order valence-electron chi connectivity index (χ3n) is 2.05. The van der Waals surface area contributed by atoms with Crippen molar-refractivity contribution in [2.45, 2.75) is 13.1 Å². The molecule has 0 fully saturated rings. The van der Waals surface area contributed by atoms with Crippen LogP contribution in [0.25, 0.3) is 0 Å². The highest BCUT2D eigenvalue weighted by molar-refractivity contribution is 5.34. The van der Waals surface area contributed by atoms with Crippen LogP contribution in [0.5, 0.6) is 0 Å². The van der Waals surface area contributed by atoms with Gasteiger partial charge in [-0.05, 0) is 18.7 Å². The molecule has 0 N–H and O–H groups in total. The number of hydrogen-bond acceptors (Lipinski definition) is 3. The number of aromatic nitrogens is 1. The summed E-state index contributed by atoms with van der Waals surface area (Å²) in [5.74, 6) is 0. The summed E-state index contributed by atoms with van der Waals surface area (Å²) in [4.78, 5) is 6.40. The Morgan fingerprint density at radius 2 is 2.42 bits per heavy atom. The number of hydrogen-bond donors (Lipinski definition) is 0. The molecule has 12 heavy (non-hydrogen) atoms. The number of pyridine rings is 1. The van der Waals surface area contributed by atoms with Crippen LogP contribution in [0.1, 0.15) is 16.8 Å². The van der Waals surface area contributed by atoms with Crippen molar-refractivity contribution < 1.29 is 0 Å². The zero-order chi connectivity index (χ0) is 8.55. The van der Waals surface area contributed by atoms with Crippen molar-refractivity contribution in [2.75, 3.05) is 7.05 Å². The third-order valence-corrected chi connectivity index (χ3v) is 2.05. The second-order valence-corrected chi connectivity index (χ2v) is 3.11. The monoisotopic (exact) mass is 159 g/mol. The Bertz CT molecular complexity index is 351. The van der Waals surface area contributed by atoms with E-state index in [2.05, 4.69) is 16.0 Å². The molecule has 1 aromatic rings. The molecule has 0 unspecified atom stereocenters. The lowest BCUT2D eigenvalue weighted by atomic mass is 10.2. The molecule has 0 spiro atoms. The van der Waals surface area contributed by atoms with E-state index in [9.17, 15) is 0 Å². The smallest absolute Gasteiger partial charge is 0.101 e. The summed E-state index contributed by atoms with van der Waals surface area (Å²) in [6, 6.07) is 4.01. The highest BCUT2D eigenvalue weighted by Crippen LogP contribution is 2.19. The lowest BCUT2D eigenvalue weighted by molar-refractivity contribution is 0.351. The summed E-state index contributed by atoms with van der Waals surface area (Å²) in [5.41, 5.74) is 2.96. The zero-order valence-corrected chi connectivity index (χ0v) is 6.91. The van der Waals surface area contributed by atoms with E-state index >= 15 is 0 Å². The molecule has 0 atom stereocenters. The van der Waals surface area contributed by atoms with Crippen LogP contribution < -0.4 is 0 Å². The van der Waals surface area contributed by atoms with Crippen molar-refractivity contribution >= 4 is 0 Å². The van der Waals surface area contributed by atoms with Gasteiger partial charge in [-0.25, -0.2) is 0 Å². The van der Waals surface area contributed by atoms with E-state index in [4.69, 9.17) is 5.26 Å². The normalized spacial score (nSPS) is 15.7. The van der Waals surface area contributed by atoms with Crippen LogP contribution in [0.15, 0.2) is 12.3 Å². The Hall–Kier alpha value is -1.40. The van der Waals surface area contributed by atoms with Crippen molar-refractivity contribution in [3.05, 3.63) is 29.1 Å². The van der Waals surface area contributed by atoms with Gasteiger partial charge < -0.3 is 0 Å². The minimum atomic E-state index is 0.657. The number of rotatable bonds is 0. The molecule has 1 aliphatic heterocycles. The van der Waals surface area contributed by atoms with Crippen LogP contribution >= 0.6 is 0 Å². The summed E-state index contributed by atoms with van der Waals surface area (Å²) in [6.45, 7) is 1.82. The van der Waals surface area contributed by atoms with Gasteiger partial charge in [0.1, 0.15) is 6.07 Å². The fourth-order valence-corrected chi connectivity index (χ4v) is 1.48. The van der Waals surface area contributed by atoms with Gasteiger partial charge in [0, 0.05) is 19.3 Å². The molecule has 3 nitrogen and oxygen atoms in total. The zero-order valence-electron chi connectivity index (χ0n) is 6.91. The molecule has 0 aromatic carbocycles. The molecular weight excluding hydrogens is 150 g/mol. The SMILES string of the molecule is CN1Cc2cc(C#N)cnc2C1. The molecule has 1 aromatic heterocycles. The minimum Gasteiger partial charge on any atom is -0.296 e. The first kappa shape index (κ1) is 7.26. The van der Waals surface area contributed by atoms with E-state index in [0.29, 0.717) is 5.56 Å². The Kier molecular flexibility index (Phi) is 1.56. The molecule has 0 amide bonds. The first-order valence-corrected chi connectivity index (χ1v) is 3.86. The maximum Gasteiger partial charge on any atom is 0.101 e. The van der Waals surface area contributed by atoms with Crippen molar-refractivity contribution in [3.8, 4) is 6.07 Å². The van der Waals surface area contributed by atoms with Crippen LogP contribution in [0.2, 0.25) is 0 Å². The van der Waals surface area contributed by atoms with Crippen LogP contribution in [0, 0.1) is 11.3 Å². The molecule has 0 radical (unpaired) electrons. The summed E-state index contributed by atoms with van der Waals surface area (Å²) in [6.07, 6.45) is 1.64. The van der Waals surface area contributed by atoms with Crippen LogP contribution in [-0.4, -0.2) is 16.9 Å². The highest BCUT2D eigenvalue weighted by Gasteiger charge is 2.16. The molecule has 3 heteroatoms. The molecular formula is C9H9N3. The van der Waals surface area contributed by atoms with Gasteiger partial charge >= 0.3 is 0 Å². The second-order valence-electron chi connectivity index (χ2n) is 3.11. The summed E-state index contributed by atoms with van der Waals surface area (Å²) >= 11 is 0. The van der Waals surface area contributed by atoms with Gasteiger partial charge in [0.2, 0.25) is 0 Å². The van der Waals surface area contributed by atoms with E-state index in [1.807, 2.05) is 13.1 Å². The maximum absolute atomic E-state index is 8.63. The molecule has 2 heterocycles. The molecule has 0 aliphatic carbocycles. The average molecular weight is 159 g/mol. The maximum atomic E-state index is 8.63. The van der Waals surface area contributed by atoms with Crippen LogP contribution in [0.3, 0.4) is 0 Å². The fraction of sp³-hybridized carbons (Fsp3) is 0.333. The van der Waals surface area contributed by atoms with Crippen molar-refractivity contribution in [3.63, 3.8) is 0 Å². The largest absolute Gasteiger partial charge is 0.296 e. The van der Waals surface area contributed by atoms with Crippen molar-refractivity contribution in [1.82, 2.24) is 9.88 Å². The molecule has 0 saturated heterocycles. The van der Waals surface area contributed by atoms with Crippen molar-refractivity contribution in [1.29, 1.82) is 5.26 Å².